The van der Waals surface area contributed by atoms with Crippen LogP contribution in [0, 0.1) is 6.92 Å². The second-order valence-electron chi connectivity index (χ2n) is 7.09. The van der Waals surface area contributed by atoms with Crippen LogP contribution in [0.5, 0.6) is 0 Å². The largest absolute Gasteiger partial charge is 0.381 e. The molecule has 144 valence electrons. The molecule has 0 aromatic heterocycles. The van der Waals surface area contributed by atoms with Crippen LogP contribution < -0.4 is 10.6 Å². The highest BCUT2D eigenvalue weighted by molar-refractivity contribution is 7.98. The van der Waals surface area contributed by atoms with Gasteiger partial charge in [0.1, 0.15) is 0 Å². The van der Waals surface area contributed by atoms with E-state index >= 15 is 0 Å². The van der Waals surface area contributed by atoms with Crippen LogP contribution in [0.25, 0.3) is 0 Å². The van der Waals surface area contributed by atoms with Crippen molar-refractivity contribution in [3.8, 4) is 0 Å². The predicted molar refractivity (Wildman–Crippen MR) is 111 cm³/mol. The lowest BCUT2D eigenvalue weighted by Crippen LogP contribution is -2.47. The van der Waals surface area contributed by atoms with Gasteiger partial charge in [0.25, 0.3) is 0 Å². The van der Waals surface area contributed by atoms with Gasteiger partial charge >= 0.3 is 6.03 Å². The quantitative estimate of drug-likeness (QED) is 0.732. The molecular formula is C22H28N2O2S. The van der Waals surface area contributed by atoms with Crippen LogP contribution in [0.2, 0.25) is 0 Å². The Kier molecular flexibility index (Phi) is 6.80. The van der Waals surface area contributed by atoms with Crippen molar-refractivity contribution in [3.63, 3.8) is 0 Å². The van der Waals surface area contributed by atoms with Gasteiger partial charge in [-0.05, 0) is 54.8 Å². The summed E-state index contributed by atoms with van der Waals surface area (Å²) >= 11 is 1.71. The number of carbonyl (C=O) groups is 1. The number of aryl methyl sites for hydroxylation is 1. The van der Waals surface area contributed by atoms with Crippen molar-refractivity contribution in [1.29, 1.82) is 0 Å². The molecule has 1 aliphatic heterocycles. The average Bonchev–Trinajstić information content (AvgIpc) is 2.72. The Labute approximate surface area is 166 Å². The summed E-state index contributed by atoms with van der Waals surface area (Å²) in [5, 5.41) is 6.07. The number of rotatable bonds is 6. The smallest absolute Gasteiger partial charge is 0.315 e. The molecule has 27 heavy (non-hydrogen) atoms. The Balaban J connectivity index is 1.60. The molecule has 1 heterocycles. The van der Waals surface area contributed by atoms with Crippen LogP contribution in [-0.2, 0) is 16.7 Å². The highest BCUT2D eigenvalue weighted by atomic mass is 32.2. The van der Waals surface area contributed by atoms with Gasteiger partial charge in [0, 0.05) is 36.6 Å². The molecule has 0 saturated carbocycles. The standard InChI is InChI=1S/C22H28N2O2S/c1-17-5-3-4-6-20(17)22(11-13-26-14-12-22)16-24-21(25)23-15-18-7-9-19(27-2)10-8-18/h3-10H,11-16H2,1-2H3,(H2,23,24,25). The van der Waals surface area contributed by atoms with Gasteiger partial charge in [0.2, 0.25) is 0 Å². The van der Waals surface area contributed by atoms with Crippen molar-refractivity contribution in [2.75, 3.05) is 26.0 Å². The summed E-state index contributed by atoms with van der Waals surface area (Å²) in [4.78, 5) is 13.6. The van der Waals surface area contributed by atoms with E-state index in [1.165, 1.54) is 16.0 Å². The third kappa shape index (κ3) is 5.05. The molecule has 5 heteroatoms. The lowest BCUT2D eigenvalue weighted by atomic mass is 9.72. The van der Waals surface area contributed by atoms with Crippen LogP contribution in [0.4, 0.5) is 4.79 Å². The first kappa shape index (κ1) is 19.8. The first-order valence-electron chi connectivity index (χ1n) is 9.41. The van der Waals surface area contributed by atoms with Gasteiger partial charge in [0.05, 0.1) is 0 Å². The molecule has 2 N–H and O–H groups in total. The van der Waals surface area contributed by atoms with Gasteiger partial charge in [-0.1, -0.05) is 36.4 Å². The molecule has 3 rings (SSSR count). The van der Waals surface area contributed by atoms with Crippen LogP contribution in [-0.4, -0.2) is 32.0 Å². The first-order valence-corrected chi connectivity index (χ1v) is 10.6. The molecule has 2 aromatic carbocycles. The zero-order valence-electron chi connectivity index (χ0n) is 16.1. The van der Waals surface area contributed by atoms with Crippen LogP contribution in [0.15, 0.2) is 53.4 Å². The van der Waals surface area contributed by atoms with Crippen molar-refractivity contribution in [3.05, 3.63) is 65.2 Å². The van der Waals surface area contributed by atoms with E-state index in [0.717, 1.165) is 31.6 Å². The number of benzene rings is 2. The molecule has 2 aromatic rings. The minimum Gasteiger partial charge on any atom is -0.381 e. The fourth-order valence-corrected chi connectivity index (χ4v) is 4.12. The number of urea groups is 1. The van der Waals surface area contributed by atoms with Gasteiger partial charge in [-0.2, -0.15) is 0 Å². The summed E-state index contributed by atoms with van der Waals surface area (Å²) in [6.45, 7) is 4.77. The minimum absolute atomic E-state index is 0.0546. The van der Waals surface area contributed by atoms with E-state index < -0.39 is 0 Å². The molecule has 1 aliphatic rings. The summed E-state index contributed by atoms with van der Waals surface area (Å²) in [5.41, 5.74) is 3.64. The molecule has 2 amide bonds. The van der Waals surface area contributed by atoms with Crippen LogP contribution in [0.1, 0.15) is 29.5 Å². The second-order valence-corrected chi connectivity index (χ2v) is 7.97. The summed E-state index contributed by atoms with van der Waals surface area (Å²) in [7, 11) is 0. The Morgan fingerprint density at radius 1 is 1.07 bits per heavy atom. The predicted octanol–water partition coefficient (Wildman–Crippen LogP) is 4.26. The SMILES string of the molecule is CSc1ccc(CNC(=O)NCC2(c3ccccc3C)CCOCC2)cc1. The van der Waals surface area contributed by atoms with Gasteiger partial charge in [-0.3, -0.25) is 0 Å². The number of carbonyl (C=O) groups excluding carboxylic acids is 1. The lowest BCUT2D eigenvalue weighted by Gasteiger charge is -2.39. The average molecular weight is 385 g/mol. The van der Waals surface area contributed by atoms with E-state index in [-0.39, 0.29) is 11.4 Å². The maximum atomic E-state index is 12.4. The van der Waals surface area contributed by atoms with Crippen LogP contribution >= 0.6 is 11.8 Å². The Morgan fingerprint density at radius 3 is 2.44 bits per heavy atom. The zero-order chi connectivity index (χ0) is 19.1. The molecule has 0 atom stereocenters. The van der Waals surface area contributed by atoms with Gasteiger partial charge in [-0.15, -0.1) is 11.8 Å². The third-order valence-corrected chi connectivity index (χ3v) is 6.11. The number of amides is 2. The summed E-state index contributed by atoms with van der Waals surface area (Å²) < 4.78 is 5.59. The van der Waals surface area contributed by atoms with Crippen LogP contribution in [0.3, 0.4) is 0 Å². The Morgan fingerprint density at radius 2 is 1.78 bits per heavy atom. The maximum absolute atomic E-state index is 12.4. The highest BCUT2D eigenvalue weighted by Crippen LogP contribution is 2.36. The molecule has 0 radical (unpaired) electrons. The number of hydrogen-bond acceptors (Lipinski definition) is 3. The van der Waals surface area contributed by atoms with Gasteiger partial charge in [-0.25, -0.2) is 4.79 Å². The fraction of sp³-hybridized carbons (Fsp3) is 0.409. The number of hydrogen-bond donors (Lipinski definition) is 2. The minimum atomic E-state index is -0.122. The van der Waals surface area contributed by atoms with Crippen molar-refractivity contribution < 1.29 is 9.53 Å². The lowest BCUT2D eigenvalue weighted by molar-refractivity contribution is 0.0505. The molecular weight excluding hydrogens is 356 g/mol. The molecule has 4 nitrogen and oxygen atoms in total. The number of nitrogens with one attached hydrogen (secondary N) is 2. The van der Waals surface area contributed by atoms with Crippen molar-refractivity contribution >= 4 is 17.8 Å². The molecule has 0 bridgehead atoms. The van der Waals surface area contributed by atoms with Crippen molar-refractivity contribution in [2.24, 2.45) is 0 Å². The molecule has 1 saturated heterocycles. The van der Waals surface area contributed by atoms with E-state index in [1.54, 1.807) is 11.8 Å². The Hall–Kier alpha value is -1.98. The Bertz CT molecular complexity index is 755. The maximum Gasteiger partial charge on any atom is 0.315 e. The summed E-state index contributed by atoms with van der Waals surface area (Å²) in [5.74, 6) is 0. The molecule has 0 unspecified atom stereocenters. The van der Waals surface area contributed by atoms with Gasteiger partial charge < -0.3 is 15.4 Å². The zero-order valence-corrected chi connectivity index (χ0v) is 16.9. The van der Waals surface area contributed by atoms with Gasteiger partial charge in [0.15, 0.2) is 0 Å². The van der Waals surface area contributed by atoms with E-state index in [4.69, 9.17) is 4.74 Å². The van der Waals surface area contributed by atoms with Crippen molar-refractivity contribution in [2.45, 2.75) is 36.6 Å². The monoisotopic (exact) mass is 384 g/mol. The molecule has 0 spiro atoms. The van der Waals surface area contributed by atoms with E-state index in [1.807, 2.05) is 0 Å². The molecule has 0 aliphatic carbocycles. The third-order valence-electron chi connectivity index (χ3n) is 5.37. The normalized spacial score (nSPS) is 15.9. The van der Waals surface area contributed by atoms with E-state index in [2.05, 4.69) is 72.3 Å². The molecule has 1 fully saturated rings. The topological polar surface area (TPSA) is 50.4 Å². The summed E-state index contributed by atoms with van der Waals surface area (Å²) in [6, 6.07) is 16.6. The first-order chi connectivity index (χ1) is 13.1. The second kappa shape index (κ2) is 9.29. The highest BCUT2D eigenvalue weighted by Gasteiger charge is 2.35. The van der Waals surface area contributed by atoms with E-state index in [0.29, 0.717) is 13.1 Å². The fourth-order valence-electron chi connectivity index (χ4n) is 3.71. The van der Waals surface area contributed by atoms with Crippen molar-refractivity contribution in [1.82, 2.24) is 10.6 Å². The summed E-state index contributed by atoms with van der Waals surface area (Å²) in [6.07, 6.45) is 3.91. The number of thioether (sulfide) groups is 1. The number of ether oxygens (including phenoxy) is 1. The van der Waals surface area contributed by atoms with E-state index in [9.17, 15) is 4.79 Å².